The lowest BCUT2D eigenvalue weighted by molar-refractivity contribution is -0.121. The minimum atomic E-state index is -0.478. The molecule has 0 aliphatic heterocycles. The van der Waals surface area contributed by atoms with Crippen molar-refractivity contribution >= 4 is 17.5 Å². The molecule has 1 amide bonds. The number of hydrogen-bond acceptors (Lipinski definition) is 2. The molecule has 23 heavy (non-hydrogen) atoms. The standard InChI is InChI=1S/C18H19ClFNO2/c1-11-7-8-17(23-3)13(9-11)12(2)21-18(22)10-14-15(19)5-4-6-16(14)20/h4-9,12H,10H2,1-3H3,(H,21,22)/t12-/m0/s1. The summed E-state index contributed by atoms with van der Waals surface area (Å²) < 4.78 is 19.1. The Morgan fingerprint density at radius 1 is 1.35 bits per heavy atom. The van der Waals surface area contributed by atoms with Gasteiger partial charge in [0.05, 0.1) is 19.6 Å². The highest BCUT2D eigenvalue weighted by atomic mass is 35.5. The van der Waals surface area contributed by atoms with Crippen LogP contribution in [0.25, 0.3) is 0 Å². The van der Waals surface area contributed by atoms with Crippen LogP contribution in [0.15, 0.2) is 36.4 Å². The molecule has 1 atom stereocenters. The van der Waals surface area contributed by atoms with E-state index in [4.69, 9.17) is 16.3 Å². The van der Waals surface area contributed by atoms with E-state index in [1.54, 1.807) is 13.2 Å². The number of nitrogens with one attached hydrogen (secondary N) is 1. The lowest BCUT2D eigenvalue weighted by atomic mass is 10.0. The van der Waals surface area contributed by atoms with Crippen molar-refractivity contribution in [3.8, 4) is 5.75 Å². The Balaban J connectivity index is 2.13. The van der Waals surface area contributed by atoms with E-state index >= 15 is 0 Å². The van der Waals surface area contributed by atoms with Gasteiger partial charge in [0.15, 0.2) is 0 Å². The van der Waals surface area contributed by atoms with Crippen molar-refractivity contribution in [3.63, 3.8) is 0 Å². The van der Waals surface area contributed by atoms with Gasteiger partial charge in [0.25, 0.3) is 0 Å². The average molecular weight is 336 g/mol. The summed E-state index contributed by atoms with van der Waals surface area (Å²) in [5, 5.41) is 3.11. The van der Waals surface area contributed by atoms with E-state index in [0.29, 0.717) is 5.75 Å². The van der Waals surface area contributed by atoms with E-state index < -0.39 is 5.82 Å². The molecule has 5 heteroatoms. The number of hydrogen-bond donors (Lipinski definition) is 1. The minimum Gasteiger partial charge on any atom is -0.496 e. The van der Waals surface area contributed by atoms with Crippen LogP contribution in [-0.2, 0) is 11.2 Å². The number of methoxy groups -OCH3 is 1. The smallest absolute Gasteiger partial charge is 0.225 e. The monoisotopic (exact) mass is 335 g/mol. The summed E-state index contributed by atoms with van der Waals surface area (Å²) in [5.74, 6) is -0.0752. The molecule has 3 nitrogen and oxygen atoms in total. The zero-order valence-corrected chi connectivity index (χ0v) is 14.1. The van der Waals surface area contributed by atoms with Gasteiger partial charge >= 0.3 is 0 Å². The number of halogens is 2. The maximum absolute atomic E-state index is 13.8. The number of carbonyl (C=O) groups excluding carboxylic acids is 1. The number of ether oxygens (including phenoxy) is 1. The van der Waals surface area contributed by atoms with Crippen LogP contribution in [0, 0.1) is 12.7 Å². The van der Waals surface area contributed by atoms with Crippen molar-refractivity contribution in [1.29, 1.82) is 0 Å². The zero-order valence-electron chi connectivity index (χ0n) is 13.3. The van der Waals surface area contributed by atoms with Gasteiger partial charge in [-0.15, -0.1) is 0 Å². The zero-order chi connectivity index (χ0) is 17.0. The Morgan fingerprint density at radius 2 is 2.09 bits per heavy atom. The summed E-state index contributed by atoms with van der Waals surface area (Å²) >= 11 is 5.96. The summed E-state index contributed by atoms with van der Waals surface area (Å²) in [6.07, 6.45) is -0.107. The quantitative estimate of drug-likeness (QED) is 0.888. The van der Waals surface area contributed by atoms with Gasteiger partial charge in [-0.05, 0) is 32.0 Å². The van der Waals surface area contributed by atoms with Crippen molar-refractivity contribution < 1.29 is 13.9 Å². The van der Waals surface area contributed by atoms with Crippen LogP contribution < -0.4 is 10.1 Å². The largest absolute Gasteiger partial charge is 0.496 e. The summed E-state index contributed by atoms with van der Waals surface area (Å²) in [4.78, 5) is 12.2. The van der Waals surface area contributed by atoms with Crippen molar-refractivity contribution in [1.82, 2.24) is 5.32 Å². The molecule has 0 radical (unpaired) electrons. The second-order valence-electron chi connectivity index (χ2n) is 5.41. The van der Waals surface area contributed by atoms with E-state index in [-0.39, 0.29) is 29.0 Å². The summed E-state index contributed by atoms with van der Waals surface area (Å²) in [5.41, 5.74) is 2.15. The second-order valence-corrected chi connectivity index (χ2v) is 5.82. The number of benzene rings is 2. The fraction of sp³-hybridized carbons (Fsp3) is 0.278. The molecule has 0 unspecified atom stereocenters. The first-order chi connectivity index (χ1) is 10.9. The normalized spacial score (nSPS) is 11.9. The lowest BCUT2D eigenvalue weighted by Crippen LogP contribution is -2.28. The van der Waals surface area contributed by atoms with E-state index in [0.717, 1.165) is 11.1 Å². The average Bonchev–Trinajstić information content (AvgIpc) is 2.51. The van der Waals surface area contributed by atoms with Gasteiger partial charge in [-0.25, -0.2) is 4.39 Å². The molecule has 2 aromatic carbocycles. The van der Waals surface area contributed by atoms with Gasteiger partial charge in [0.2, 0.25) is 5.91 Å². The molecule has 0 saturated carbocycles. The number of amides is 1. The van der Waals surface area contributed by atoms with E-state index in [9.17, 15) is 9.18 Å². The van der Waals surface area contributed by atoms with E-state index in [2.05, 4.69) is 5.32 Å². The van der Waals surface area contributed by atoms with Gasteiger partial charge in [0, 0.05) is 16.1 Å². The van der Waals surface area contributed by atoms with Gasteiger partial charge in [0.1, 0.15) is 11.6 Å². The van der Waals surface area contributed by atoms with Crippen LogP contribution in [0.2, 0.25) is 5.02 Å². The van der Waals surface area contributed by atoms with Crippen LogP contribution in [0.1, 0.15) is 29.7 Å². The molecule has 0 heterocycles. The number of rotatable bonds is 5. The van der Waals surface area contributed by atoms with Gasteiger partial charge < -0.3 is 10.1 Å². The van der Waals surface area contributed by atoms with Gasteiger partial charge in [-0.1, -0.05) is 35.4 Å². The van der Waals surface area contributed by atoms with Crippen LogP contribution >= 0.6 is 11.6 Å². The first kappa shape index (κ1) is 17.3. The molecule has 0 fully saturated rings. The summed E-state index contributed by atoms with van der Waals surface area (Å²) in [6, 6.07) is 9.88. The van der Waals surface area contributed by atoms with Crippen LogP contribution in [-0.4, -0.2) is 13.0 Å². The van der Waals surface area contributed by atoms with Gasteiger partial charge in [-0.3, -0.25) is 4.79 Å². The number of aryl methyl sites for hydroxylation is 1. The third-order valence-electron chi connectivity index (χ3n) is 3.63. The van der Waals surface area contributed by atoms with Gasteiger partial charge in [-0.2, -0.15) is 0 Å². The molecular formula is C18H19ClFNO2. The van der Waals surface area contributed by atoms with Crippen LogP contribution in [0.3, 0.4) is 0 Å². The summed E-state index contributed by atoms with van der Waals surface area (Å²) in [7, 11) is 1.59. The van der Waals surface area contributed by atoms with Crippen molar-refractivity contribution in [2.45, 2.75) is 26.3 Å². The fourth-order valence-corrected chi connectivity index (χ4v) is 2.65. The maximum Gasteiger partial charge on any atom is 0.225 e. The Hall–Kier alpha value is -2.07. The van der Waals surface area contributed by atoms with Crippen LogP contribution in [0.4, 0.5) is 4.39 Å². The highest BCUT2D eigenvalue weighted by Gasteiger charge is 2.17. The minimum absolute atomic E-state index is 0.107. The predicted molar refractivity (Wildman–Crippen MR) is 89.4 cm³/mol. The molecule has 122 valence electrons. The predicted octanol–water partition coefficient (Wildman–Crippen LogP) is 4.22. The number of carbonyl (C=O) groups is 1. The molecule has 1 N–H and O–H groups in total. The Morgan fingerprint density at radius 3 is 2.74 bits per heavy atom. The lowest BCUT2D eigenvalue weighted by Gasteiger charge is -2.18. The molecule has 0 bridgehead atoms. The first-order valence-corrected chi connectivity index (χ1v) is 7.67. The molecule has 0 aromatic heterocycles. The highest BCUT2D eigenvalue weighted by molar-refractivity contribution is 6.31. The van der Waals surface area contributed by atoms with Crippen molar-refractivity contribution in [2.24, 2.45) is 0 Å². The Bertz CT molecular complexity index is 698. The van der Waals surface area contributed by atoms with Crippen molar-refractivity contribution in [3.05, 3.63) is 63.9 Å². The van der Waals surface area contributed by atoms with E-state index in [1.165, 1.54) is 12.1 Å². The molecule has 0 aliphatic rings. The van der Waals surface area contributed by atoms with Crippen LogP contribution in [0.5, 0.6) is 5.75 Å². The maximum atomic E-state index is 13.8. The Labute approximate surface area is 140 Å². The third kappa shape index (κ3) is 4.23. The molecule has 0 spiro atoms. The molecule has 2 aromatic rings. The van der Waals surface area contributed by atoms with Crippen molar-refractivity contribution in [2.75, 3.05) is 7.11 Å². The molecule has 0 saturated heterocycles. The topological polar surface area (TPSA) is 38.3 Å². The second kappa shape index (κ2) is 7.47. The summed E-state index contributed by atoms with van der Waals surface area (Å²) in [6.45, 7) is 3.83. The van der Waals surface area contributed by atoms with E-state index in [1.807, 2.05) is 32.0 Å². The molecule has 2 rings (SSSR count). The highest BCUT2D eigenvalue weighted by Crippen LogP contribution is 2.26. The first-order valence-electron chi connectivity index (χ1n) is 7.29. The molecule has 0 aliphatic carbocycles. The SMILES string of the molecule is COc1ccc(C)cc1[C@H](C)NC(=O)Cc1c(F)cccc1Cl. The third-order valence-corrected chi connectivity index (χ3v) is 3.98. The fourth-order valence-electron chi connectivity index (χ4n) is 2.42. The molecular weight excluding hydrogens is 317 g/mol. The Kier molecular flexibility index (Phi) is 5.61.